The molecule has 0 radical (unpaired) electrons. The van der Waals surface area contributed by atoms with Crippen molar-refractivity contribution in [2.45, 2.75) is 6.92 Å². The molecular weight excluding hydrogens is 164 g/mol. The van der Waals surface area contributed by atoms with E-state index >= 15 is 0 Å². The van der Waals surface area contributed by atoms with Crippen LogP contribution in [0.3, 0.4) is 0 Å². The second-order valence-electron chi connectivity index (χ2n) is 2.42. The van der Waals surface area contributed by atoms with Gasteiger partial charge < -0.3 is 10.5 Å². The number of anilines is 1. The minimum Gasteiger partial charge on any atom is -0.496 e. The Labute approximate surface area is 68.9 Å². The number of nitrogens with two attached hydrogens (primary N) is 1. The Hall–Kier alpha value is -1.32. The van der Waals surface area contributed by atoms with Gasteiger partial charge in [-0.1, -0.05) is 0 Å². The first-order chi connectivity index (χ1) is 5.57. The summed E-state index contributed by atoms with van der Waals surface area (Å²) in [7, 11) is 1.37. The third-order valence-electron chi connectivity index (χ3n) is 1.65. The van der Waals surface area contributed by atoms with Gasteiger partial charge in [-0.2, -0.15) is 0 Å². The molecule has 66 valence electrons. The third kappa shape index (κ3) is 1.20. The Bertz CT molecular complexity index is 312. The molecule has 0 aliphatic carbocycles. The molecule has 0 bridgehead atoms. The highest BCUT2D eigenvalue weighted by molar-refractivity contribution is 5.50. The average molecular weight is 173 g/mol. The van der Waals surface area contributed by atoms with Crippen LogP contribution >= 0.6 is 0 Å². The van der Waals surface area contributed by atoms with Crippen molar-refractivity contribution in [1.82, 2.24) is 0 Å². The van der Waals surface area contributed by atoms with Crippen LogP contribution in [0.25, 0.3) is 0 Å². The summed E-state index contributed by atoms with van der Waals surface area (Å²) in [6.07, 6.45) is 0. The fraction of sp³-hybridized carbons (Fsp3) is 0.250. The van der Waals surface area contributed by atoms with Gasteiger partial charge in [-0.05, 0) is 6.92 Å². The smallest absolute Gasteiger partial charge is 0.182 e. The minimum atomic E-state index is -1.02. The van der Waals surface area contributed by atoms with Crippen LogP contribution in [-0.4, -0.2) is 7.11 Å². The molecule has 0 amide bonds. The largest absolute Gasteiger partial charge is 0.496 e. The highest BCUT2D eigenvalue weighted by Crippen LogP contribution is 2.26. The highest BCUT2D eigenvalue weighted by atomic mass is 19.2. The molecule has 0 aromatic heterocycles. The Morgan fingerprint density at radius 3 is 2.42 bits per heavy atom. The van der Waals surface area contributed by atoms with Crippen LogP contribution in [0.1, 0.15) is 5.56 Å². The summed E-state index contributed by atoms with van der Waals surface area (Å²) in [4.78, 5) is 0. The van der Waals surface area contributed by atoms with Crippen molar-refractivity contribution in [3.05, 3.63) is 23.3 Å². The van der Waals surface area contributed by atoms with Gasteiger partial charge in [0.05, 0.1) is 12.8 Å². The predicted molar refractivity (Wildman–Crippen MR) is 42.1 cm³/mol. The number of halogens is 2. The molecule has 2 N–H and O–H groups in total. The van der Waals surface area contributed by atoms with Crippen molar-refractivity contribution in [3.8, 4) is 5.75 Å². The van der Waals surface area contributed by atoms with Gasteiger partial charge >= 0.3 is 0 Å². The summed E-state index contributed by atoms with van der Waals surface area (Å²) in [6.45, 7) is 1.43. The molecule has 1 aromatic rings. The molecule has 1 aromatic carbocycles. The minimum absolute atomic E-state index is 0.129. The molecule has 4 heteroatoms. The van der Waals surface area contributed by atoms with Gasteiger partial charge in [0.2, 0.25) is 0 Å². The number of hydrogen-bond donors (Lipinski definition) is 1. The monoisotopic (exact) mass is 173 g/mol. The zero-order valence-corrected chi connectivity index (χ0v) is 6.82. The molecule has 0 fully saturated rings. The molecule has 12 heavy (non-hydrogen) atoms. The van der Waals surface area contributed by atoms with Crippen molar-refractivity contribution in [2.24, 2.45) is 0 Å². The fourth-order valence-corrected chi connectivity index (χ4v) is 0.924. The SMILES string of the molecule is COc1cc(N)c(F)c(F)c1C. The lowest BCUT2D eigenvalue weighted by Gasteiger charge is -2.07. The fourth-order valence-electron chi connectivity index (χ4n) is 0.924. The molecule has 0 aliphatic rings. The molecular formula is C8H9F2NO. The van der Waals surface area contributed by atoms with Gasteiger partial charge in [0.1, 0.15) is 5.75 Å². The number of nitrogen functional groups attached to an aromatic ring is 1. The summed E-state index contributed by atoms with van der Waals surface area (Å²) >= 11 is 0. The molecule has 0 saturated heterocycles. The number of rotatable bonds is 1. The molecule has 0 spiro atoms. The summed E-state index contributed by atoms with van der Waals surface area (Å²) in [6, 6.07) is 1.26. The number of hydrogen-bond acceptors (Lipinski definition) is 2. The summed E-state index contributed by atoms with van der Waals surface area (Å²) in [5.74, 6) is -1.72. The van der Waals surface area contributed by atoms with Gasteiger partial charge in [-0.3, -0.25) is 0 Å². The summed E-state index contributed by atoms with van der Waals surface area (Å²) in [5, 5.41) is 0. The molecule has 2 nitrogen and oxygen atoms in total. The summed E-state index contributed by atoms with van der Waals surface area (Å²) < 4.78 is 30.4. The van der Waals surface area contributed by atoms with Crippen LogP contribution < -0.4 is 10.5 Å². The second kappa shape index (κ2) is 2.97. The third-order valence-corrected chi connectivity index (χ3v) is 1.65. The van der Waals surface area contributed by atoms with Gasteiger partial charge in [0, 0.05) is 11.6 Å². The van der Waals surface area contributed by atoms with Gasteiger partial charge in [0.15, 0.2) is 11.6 Å². The van der Waals surface area contributed by atoms with Crippen molar-refractivity contribution in [1.29, 1.82) is 0 Å². The normalized spacial score (nSPS) is 10.0. The van der Waals surface area contributed by atoms with Gasteiger partial charge in [0.25, 0.3) is 0 Å². The van der Waals surface area contributed by atoms with Crippen LogP contribution in [0, 0.1) is 18.6 Å². The first-order valence-corrected chi connectivity index (χ1v) is 3.36. The number of ether oxygens (including phenoxy) is 1. The maximum atomic E-state index is 12.9. The first kappa shape index (κ1) is 8.77. The van der Waals surface area contributed by atoms with E-state index < -0.39 is 11.6 Å². The van der Waals surface area contributed by atoms with E-state index in [0.29, 0.717) is 0 Å². The van der Waals surface area contributed by atoms with Gasteiger partial charge in [-0.15, -0.1) is 0 Å². The van der Waals surface area contributed by atoms with Crippen molar-refractivity contribution >= 4 is 5.69 Å². The molecule has 1 rings (SSSR count). The van der Waals surface area contributed by atoms with E-state index in [1.54, 1.807) is 0 Å². The van der Waals surface area contributed by atoms with E-state index in [2.05, 4.69) is 0 Å². The van der Waals surface area contributed by atoms with Crippen LogP contribution in [0.4, 0.5) is 14.5 Å². The lowest BCUT2D eigenvalue weighted by molar-refractivity contribution is 0.402. The second-order valence-corrected chi connectivity index (χ2v) is 2.42. The molecule has 0 atom stereocenters. The quantitative estimate of drug-likeness (QED) is 0.658. The lowest BCUT2D eigenvalue weighted by Crippen LogP contribution is -1.99. The maximum Gasteiger partial charge on any atom is 0.182 e. The van der Waals surface area contributed by atoms with Gasteiger partial charge in [-0.25, -0.2) is 8.78 Å². The first-order valence-electron chi connectivity index (χ1n) is 3.36. The average Bonchev–Trinajstić information content (AvgIpc) is 2.08. The van der Waals surface area contributed by atoms with Crippen LogP contribution in [0.2, 0.25) is 0 Å². The van der Waals surface area contributed by atoms with Crippen molar-refractivity contribution < 1.29 is 13.5 Å². The molecule has 0 unspecified atom stereocenters. The van der Waals surface area contributed by atoms with Crippen molar-refractivity contribution in [2.75, 3.05) is 12.8 Å². The standard InChI is InChI=1S/C8H9F2NO/c1-4-6(12-2)3-5(11)8(10)7(4)9/h3H,11H2,1-2H3. The zero-order valence-electron chi connectivity index (χ0n) is 6.82. The molecule has 0 aliphatic heterocycles. The number of methoxy groups -OCH3 is 1. The Morgan fingerprint density at radius 1 is 1.33 bits per heavy atom. The zero-order chi connectivity index (χ0) is 9.30. The highest BCUT2D eigenvalue weighted by Gasteiger charge is 2.13. The Balaban J connectivity index is 3.39. The Kier molecular flexibility index (Phi) is 2.17. The van der Waals surface area contributed by atoms with E-state index in [4.69, 9.17) is 10.5 Å². The molecule has 0 saturated carbocycles. The summed E-state index contributed by atoms with van der Waals surface area (Å²) in [5.41, 5.74) is 5.06. The van der Waals surface area contributed by atoms with Crippen LogP contribution in [-0.2, 0) is 0 Å². The van der Waals surface area contributed by atoms with E-state index in [1.165, 1.54) is 20.1 Å². The Morgan fingerprint density at radius 2 is 1.92 bits per heavy atom. The van der Waals surface area contributed by atoms with Crippen molar-refractivity contribution in [3.63, 3.8) is 0 Å². The van der Waals surface area contributed by atoms with E-state index in [-0.39, 0.29) is 17.0 Å². The number of benzene rings is 1. The predicted octanol–water partition coefficient (Wildman–Crippen LogP) is 1.86. The maximum absolute atomic E-state index is 12.9. The van der Waals surface area contributed by atoms with E-state index in [1.807, 2.05) is 0 Å². The van der Waals surface area contributed by atoms with Crippen LogP contribution in [0.5, 0.6) is 5.75 Å². The van der Waals surface area contributed by atoms with E-state index in [9.17, 15) is 8.78 Å². The van der Waals surface area contributed by atoms with E-state index in [0.717, 1.165) is 0 Å². The lowest BCUT2D eigenvalue weighted by atomic mass is 10.2. The van der Waals surface area contributed by atoms with Crippen LogP contribution in [0.15, 0.2) is 6.07 Å². The topological polar surface area (TPSA) is 35.2 Å². The molecule has 0 heterocycles.